The van der Waals surface area contributed by atoms with Gasteiger partial charge in [-0.2, -0.15) is 0 Å². The van der Waals surface area contributed by atoms with Gasteiger partial charge in [-0.25, -0.2) is 19.9 Å². The molecule has 0 aromatic carbocycles. The first-order valence-electron chi connectivity index (χ1n) is 11.7. The molecular formula is C23H30N8O2S. The van der Waals surface area contributed by atoms with Crippen LogP contribution >= 0.6 is 11.3 Å². The molecule has 5 rings (SSSR count). The highest BCUT2D eigenvalue weighted by atomic mass is 32.1. The molecule has 2 fully saturated rings. The Morgan fingerprint density at radius 1 is 1.09 bits per heavy atom. The van der Waals surface area contributed by atoms with E-state index in [1.165, 1.54) is 10.4 Å². The van der Waals surface area contributed by atoms with Crippen molar-refractivity contribution in [2.24, 2.45) is 0 Å². The summed E-state index contributed by atoms with van der Waals surface area (Å²) in [6.45, 7) is 11.2. The Kier molecular flexibility index (Phi) is 6.57. The van der Waals surface area contributed by atoms with Crippen molar-refractivity contribution in [2.75, 3.05) is 63.1 Å². The van der Waals surface area contributed by atoms with Gasteiger partial charge < -0.3 is 20.3 Å². The van der Waals surface area contributed by atoms with Crippen LogP contribution in [-0.4, -0.2) is 88.1 Å². The van der Waals surface area contributed by atoms with Gasteiger partial charge in [0.15, 0.2) is 11.6 Å². The second-order valence-corrected chi connectivity index (χ2v) is 9.74. The number of amides is 1. The van der Waals surface area contributed by atoms with Gasteiger partial charge in [0.1, 0.15) is 0 Å². The van der Waals surface area contributed by atoms with Crippen molar-refractivity contribution in [3.8, 4) is 11.4 Å². The Bertz CT molecular complexity index is 1170. The van der Waals surface area contributed by atoms with Gasteiger partial charge in [-0.1, -0.05) is 6.92 Å². The molecule has 2 N–H and O–H groups in total. The zero-order valence-electron chi connectivity index (χ0n) is 19.7. The topological polar surface area (TPSA) is 114 Å². The summed E-state index contributed by atoms with van der Waals surface area (Å²) >= 11 is 1.77. The van der Waals surface area contributed by atoms with Crippen LogP contribution < -0.4 is 10.6 Å². The first kappa shape index (κ1) is 22.9. The maximum atomic E-state index is 12.0. The Labute approximate surface area is 202 Å². The van der Waals surface area contributed by atoms with E-state index < -0.39 is 0 Å². The number of carbonyl (C=O) groups excluding carboxylic acids is 1. The molecule has 0 aliphatic carbocycles. The van der Waals surface area contributed by atoms with Crippen LogP contribution in [0.2, 0.25) is 0 Å². The molecule has 11 heteroatoms. The maximum Gasteiger partial charge on any atom is 0.222 e. The normalized spacial score (nSPS) is 17.5. The van der Waals surface area contributed by atoms with Gasteiger partial charge in [0.25, 0.3) is 0 Å². The fraction of sp³-hybridized carbons (Fsp3) is 0.522. The minimum atomic E-state index is 0.230. The van der Waals surface area contributed by atoms with E-state index in [9.17, 15) is 4.79 Å². The Morgan fingerprint density at radius 2 is 1.79 bits per heavy atom. The molecule has 180 valence electrons. The van der Waals surface area contributed by atoms with Crippen molar-refractivity contribution in [1.29, 1.82) is 0 Å². The lowest BCUT2D eigenvalue weighted by molar-refractivity contribution is -0.132. The number of hydrogen-bond donors (Lipinski definition) is 1. The number of ether oxygens (including phenoxy) is 1. The highest BCUT2D eigenvalue weighted by Crippen LogP contribution is 2.38. The van der Waals surface area contributed by atoms with Crippen LogP contribution in [0.15, 0.2) is 12.4 Å². The van der Waals surface area contributed by atoms with E-state index in [4.69, 9.17) is 20.4 Å². The molecule has 0 saturated carbocycles. The summed E-state index contributed by atoms with van der Waals surface area (Å²) in [7, 11) is 0. The van der Waals surface area contributed by atoms with Crippen LogP contribution in [0.4, 0.5) is 11.8 Å². The summed E-state index contributed by atoms with van der Waals surface area (Å²) in [5.74, 6) is 2.02. The average Bonchev–Trinajstić information content (AvgIpc) is 3.19. The van der Waals surface area contributed by atoms with Crippen molar-refractivity contribution in [2.45, 2.75) is 26.8 Å². The third-order valence-electron chi connectivity index (χ3n) is 6.48. The van der Waals surface area contributed by atoms with Crippen LogP contribution in [0.3, 0.4) is 0 Å². The van der Waals surface area contributed by atoms with E-state index in [1.807, 2.05) is 11.8 Å². The van der Waals surface area contributed by atoms with E-state index in [0.29, 0.717) is 25.5 Å². The zero-order chi connectivity index (χ0) is 23.7. The van der Waals surface area contributed by atoms with E-state index >= 15 is 0 Å². The first-order chi connectivity index (χ1) is 16.5. The van der Waals surface area contributed by atoms with Gasteiger partial charge in [0.05, 0.1) is 29.0 Å². The van der Waals surface area contributed by atoms with Gasteiger partial charge in [-0.3, -0.25) is 9.69 Å². The molecule has 0 atom stereocenters. The highest BCUT2D eigenvalue weighted by molar-refractivity contribution is 7.19. The Hall–Kier alpha value is -2.89. The molecule has 3 aromatic rings. The smallest absolute Gasteiger partial charge is 0.222 e. The molecule has 0 unspecified atom stereocenters. The van der Waals surface area contributed by atoms with Crippen LogP contribution in [0.25, 0.3) is 21.6 Å². The van der Waals surface area contributed by atoms with Crippen LogP contribution in [0, 0.1) is 6.92 Å². The summed E-state index contributed by atoms with van der Waals surface area (Å²) in [6.07, 6.45) is 3.92. The van der Waals surface area contributed by atoms with Gasteiger partial charge >= 0.3 is 0 Å². The number of fused-ring (bicyclic) bond motifs is 1. The van der Waals surface area contributed by atoms with Gasteiger partial charge in [-0.15, -0.1) is 11.3 Å². The number of nitrogens with two attached hydrogens (primary N) is 1. The predicted molar refractivity (Wildman–Crippen MR) is 133 cm³/mol. The number of thiophene rings is 1. The molecule has 0 radical (unpaired) electrons. The quantitative estimate of drug-likeness (QED) is 0.583. The molecule has 3 aromatic heterocycles. The maximum absolute atomic E-state index is 12.0. The average molecular weight is 483 g/mol. The number of anilines is 2. The molecule has 0 bridgehead atoms. The van der Waals surface area contributed by atoms with Crippen LogP contribution in [0.1, 0.15) is 23.8 Å². The monoisotopic (exact) mass is 482 g/mol. The second kappa shape index (κ2) is 9.77. The number of nitrogens with zero attached hydrogens (tertiary/aromatic N) is 7. The van der Waals surface area contributed by atoms with Crippen molar-refractivity contribution >= 4 is 39.2 Å². The van der Waals surface area contributed by atoms with Crippen LogP contribution in [0.5, 0.6) is 0 Å². The standard InChI is InChI=1S/C23H30N8O2S/c1-3-18(32)30-6-4-29(5-7-30)14-17-15(2)19-20(34-17)22(31-8-10-33-11-9-31)28-21(27-19)16-12-25-23(24)26-13-16/h12-13H,3-11,14H2,1-2H3,(H2,24,25,26). The molecule has 2 aliphatic rings. The van der Waals surface area contributed by atoms with E-state index in [-0.39, 0.29) is 11.9 Å². The lowest BCUT2D eigenvalue weighted by Crippen LogP contribution is -2.48. The number of rotatable bonds is 5. The van der Waals surface area contributed by atoms with Crippen molar-refractivity contribution < 1.29 is 9.53 Å². The fourth-order valence-electron chi connectivity index (χ4n) is 4.42. The molecular weight excluding hydrogens is 452 g/mol. The van der Waals surface area contributed by atoms with Crippen molar-refractivity contribution in [3.05, 3.63) is 22.8 Å². The summed E-state index contributed by atoms with van der Waals surface area (Å²) < 4.78 is 6.68. The third kappa shape index (κ3) is 4.55. The number of morpholine rings is 1. The summed E-state index contributed by atoms with van der Waals surface area (Å²) in [4.78, 5) is 38.1. The molecule has 5 heterocycles. The minimum absolute atomic E-state index is 0.230. The summed E-state index contributed by atoms with van der Waals surface area (Å²) in [6, 6.07) is 0. The third-order valence-corrected chi connectivity index (χ3v) is 7.74. The second-order valence-electron chi connectivity index (χ2n) is 8.64. The lowest BCUT2D eigenvalue weighted by Gasteiger charge is -2.34. The number of aromatic nitrogens is 4. The summed E-state index contributed by atoms with van der Waals surface area (Å²) in [5.41, 5.74) is 8.58. The number of aryl methyl sites for hydroxylation is 1. The Balaban J connectivity index is 1.48. The SMILES string of the molecule is CCC(=O)N1CCN(Cc2sc3c(N4CCOCC4)nc(-c4cnc(N)nc4)nc3c2C)CC1. The number of piperazine rings is 1. The predicted octanol–water partition coefficient (Wildman–Crippen LogP) is 1.93. The number of carbonyl (C=O) groups is 1. The van der Waals surface area contributed by atoms with Crippen molar-refractivity contribution in [3.63, 3.8) is 0 Å². The molecule has 2 aliphatic heterocycles. The van der Waals surface area contributed by atoms with Gasteiger partial charge in [0.2, 0.25) is 11.9 Å². The largest absolute Gasteiger partial charge is 0.378 e. The number of nitrogen functional groups attached to an aromatic ring is 1. The molecule has 34 heavy (non-hydrogen) atoms. The zero-order valence-corrected chi connectivity index (χ0v) is 20.5. The Morgan fingerprint density at radius 3 is 2.47 bits per heavy atom. The van der Waals surface area contributed by atoms with Crippen LogP contribution in [-0.2, 0) is 16.1 Å². The fourth-order valence-corrected chi connectivity index (χ4v) is 5.73. The molecule has 0 spiro atoms. The van der Waals surface area contributed by atoms with Gasteiger partial charge in [0, 0.05) is 69.5 Å². The van der Waals surface area contributed by atoms with E-state index in [1.54, 1.807) is 23.7 Å². The summed E-state index contributed by atoms with van der Waals surface area (Å²) in [5, 5.41) is 0. The van der Waals surface area contributed by atoms with Crippen molar-refractivity contribution in [1.82, 2.24) is 29.7 Å². The van der Waals surface area contributed by atoms with E-state index in [0.717, 1.165) is 67.4 Å². The highest BCUT2D eigenvalue weighted by Gasteiger charge is 2.25. The van der Waals surface area contributed by atoms with Gasteiger partial charge in [-0.05, 0) is 12.5 Å². The minimum Gasteiger partial charge on any atom is -0.378 e. The number of hydrogen-bond acceptors (Lipinski definition) is 10. The first-order valence-corrected chi connectivity index (χ1v) is 12.6. The molecule has 10 nitrogen and oxygen atoms in total. The van der Waals surface area contributed by atoms with E-state index in [2.05, 4.69) is 26.7 Å². The molecule has 2 saturated heterocycles. The lowest BCUT2D eigenvalue weighted by atomic mass is 10.2. The molecule has 1 amide bonds.